The van der Waals surface area contributed by atoms with Crippen LogP contribution in [0.15, 0.2) is 12.4 Å². The highest BCUT2D eigenvalue weighted by atomic mass is 16.6. The number of aromatic nitrogens is 2. The number of rotatable bonds is 2. The van der Waals surface area contributed by atoms with Crippen molar-refractivity contribution in [1.29, 1.82) is 0 Å². The first kappa shape index (κ1) is 16.5. The number of aryl methyl sites for hydroxylation is 1. The van der Waals surface area contributed by atoms with Gasteiger partial charge < -0.3 is 14.5 Å². The standard InChI is InChI=1S/C16H26N4O2/c1-12-14(18-9-8-17-12)19(5)13-6-10-20(11-7-13)15(21)22-16(2,3)4/h8-9,13H,6-7,10-11H2,1-5H3. The van der Waals surface area contributed by atoms with Gasteiger partial charge in [0.2, 0.25) is 0 Å². The van der Waals surface area contributed by atoms with Crippen LogP contribution < -0.4 is 4.90 Å². The van der Waals surface area contributed by atoms with Crippen molar-refractivity contribution in [3.8, 4) is 0 Å². The quantitative estimate of drug-likeness (QED) is 0.840. The molecule has 22 heavy (non-hydrogen) atoms. The summed E-state index contributed by atoms with van der Waals surface area (Å²) in [6.07, 6.45) is 5.02. The van der Waals surface area contributed by atoms with Gasteiger partial charge in [-0.2, -0.15) is 0 Å². The van der Waals surface area contributed by atoms with Gasteiger partial charge in [-0.15, -0.1) is 0 Å². The lowest BCUT2D eigenvalue weighted by molar-refractivity contribution is 0.0205. The molecule has 1 saturated heterocycles. The molecule has 0 aliphatic carbocycles. The summed E-state index contributed by atoms with van der Waals surface area (Å²) in [7, 11) is 2.05. The van der Waals surface area contributed by atoms with Crippen molar-refractivity contribution in [3.05, 3.63) is 18.1 Å². The van der Waals surface area contributed by atoms with E-state index in [4.69, 9.17) is 4.74 Å². The first-order valence-corrected chi connectivity index (χ1v) is 7.76. The van der Waals surface area contributed by atoms with E-state index in [1.807, 2.05) is 34.7 Å². The monoisotopic (exact) mass is 306 g/mol. The Bertz CT molecular complexity index is 519. The number of nitrogens with zero attached hydrogens (tertiary/aromatic N) is 4. The number of piperidine rings is 1. The van der Waals surface area contributed by atoms with Crippen molar-refractivity contribution < 1.29 is 9.53 Å². The summed E-state index contributed by atoms with van der Waals surface area (Å²) in [5, 5.41) is 0. The van der Waals surface area contributed by atoms with Gasteiger partial charge in [-0.1, -0.05) is 0 Å². The minimum absolute atomic E-state index is 0.218. The largest absolute Gasteiger partial charge is 0.444 e. The summed E-state index contributed by atoms with van der Waals surface area (Å²) in [6, 6.07) is 0.370. The van der Waals surface area contributed by atoms with Crippen LogP contribution in [-0.4, -0.2) is 52.7 Å². The van der Waals surface area contributed by atoms with Gasteiger partial charge in [0, 0.05) is 38.6 Å². The van der Waals surface area contributed by atoms with Crippen LogP contribution in [0.25, 0.3) is 0 Å². The molecular weight excluding hydrogens is 280 g/mol. The van der Waals surface area contributed by atoms with Gasteiger partial charge in [-0.05, 0) is 40.5 Å². The molecule has 6 heteroatoms. The van der Waals surface area contributed by atoms with E-state index in [9.17, 15) is 4.79 Å². The molecule has 2 rings (SSSR count). The van der Waals surface area contributed by atoms with Crippen molar-refractivity contribution in [2.75, 3.05) is 25.0 Å². The highest BCUT2D eigenvalue weighted by Crippen LogP contribution is 2.23. The van der Waals surface area contributed by atoms with E-state index in [2.05, 4.69) is 14.9 Å². The van der Waals surface area contributed by atoms with Crippen molar-refractivity contribution in [2.24, 2.45) is 0 Å². The van der Waals surface area contributed by atoms with Gasteiger partial charge in [-0.3, -0.25) is 4.98 Å². The smallest absolute Gasteiger partial charge is 0.410 e. The number of likely N-dealkylation sites (tertiary alicyclic amines) is 1. The topological polar surface area (TPSA) is 58.6 Å². The van der Waals surface area contributed by atoms with E-state index in [1.165, 1.54) is 0 Å². The zero-order valence-corrected chi connectivity index (χ0v) is 14.2. The molecule has 0 unspecified atom stereocenters. The maximum atomic E-state index is 12.1. The maximum absolute atomic E-state index is 12.1. The zero-order valence-electron chi connectivity index (χ0n) is 14.2. The van der Waals surface area contributed by atoms with Crippen molar-refractivity contribution in [2.45, 2.75) is 52.2 Å². The van der Waals surface area contributed by atoms with Gasteiger partial charge in [0.15, 0.2) is 0 Å². The Labute approximate surface area is 132 Å². The predicted molar refractivity (Wildman–Crippen MR) is 86.0 cm³/mol. The van der Waals surface area contributed by atoms with Gasteiger partial charge in [0.1, 0.15) is 11.4 Å². The second kappa shape index (κ2) is 6.50. The average molecular weight is 306 g/mol. The molecule has 0 radical (unpaired) electrons. The molecule has 0 spiro atoms. The number of anilines is 1. The van der Waals surface area contributed by atoms with E-state index in [-0.39, 0.29) is 6.09 Å². The highest BCUT2D eigenvalue weighted by molar-refractivity contribution is 5.68. The maximum Gasteiger partial charge on any atom is 0.410 e. The van der Waals surface area contributed by atoms with E-state index in [1.54, 1.807) is 17.3 Å². The van der Waals surface area contributed by atoms with Crippen molar-refractivity contribution in [1.82, 2.24) is 14.9 Å². The van der Waals surface area contributed by atoms with Gasteiger partial charge in [-0.25, -0.2) is 9.78 Å². The Kier molecular flexibility index (Phi) is 4.88. The molecule has 0 saturated carbocycles. The predicted octanol–water partition coefficient (Wildman–Crippen LogP) is 2.62. The summed E-state index contributed by atoms with van der Waals surface area (Å²) < 4.78 is 5.43. The Hall–Kier alpha value is -1.85. The number of hydrogen-bond donors (Lipinski definition) is 0. The lowest BCUT2D eigenvalue weighted by atomic mass is 10.0. The van der Waals surface area contributed by atoms with Gasteiger partial charge in [0.25, 0.3) is 0 Å². The summed E-state index contributed by atoms with van der Waals surface area (Å²) in [6.45, 7) is 9.06. The fourth-order valence-electron chi connectivity index (χ4n) is 2.68. The van der Waals surface area contributed by atoms with Crippen molar-refractivity contribution in [3.63, 3.8) is 0 Å². The summed E-state index contributed by atoms with van der Waals surface area (Å²) >= 11 is 0. The van der Waals surface area contributed by atoms with Crippen LogP contribution in [0.3, 0.4) is 0 Å². The Morgan fingerprint density at radius 3 is 2.41 bits per heavy atom. The first-order chi connectivity index (χ1) is 10.3. The van der Waals surface area contributed by atoms with Crippen LogP contribution in [0, 0.1) is 6.92 Å². The average Bonchev–Trinajstić information content (AvgIpc) is 2.45. The lowest BCUT2D eigenvalue weighted by Crippen LogP contribution is -2.47. The lowest BCUT2D eigenvalue weighted by Gasteiger charge is -2.37. The molecular formula is C16H26N4O2. The molecule has 0 atom stereocenters. The molecule has 2 heterocycles. The number of hydrogen-bond acceptors (Lipinski definition) is 5. The van der Waals surface area contributed by atoms with Crippen LogP contribution in [0.1, 0.15) is 39.3 Å². The molecule has 1 aliphatic rings. The SMILES string of the molecule is Cc1nccnc1N(C)C1CCN(C(=O)OC(C)(C)C)CC1. The summed E-state index contributed by atoms with van der Waals surface area (Å²) in [5.74, 6) is 0.915. The number of amides is 1. The number of carbonyl (C=O) groups is 1. The third-order valence-electron chi connectivity index (χ3n) is 3.85. The van der Waals surface area contributed by atoms with Crippen LogP contribution in [-0.2, 0) is 4.74 Å². The summed E-state index contributed by atoms with van der Waals surface area (Å²) in [5.41, 5.74) is 0.487. The number of ether oxygens (including phenoxy) is 1. The third-order valence-corrected chi connectivity index (χ3v) is 3.85. The highest BCUT2D eigenvalue weighted by Gasteiger charge is 2.29. The fraction of sp³-hybridized carbons (Fsp3) is 0.688. The molecule has 1 aliphatic heterocycles. The fourth-order valence-corrected chi connectivity index (χ4v) is 2.68. The zero-order chi connectivity index (χ0) is 16.3. The molecule has 6 nitrogen and oxygen atoms in total. The van der Waals surface area contributed by atoms with Gasteiger partial charge in [0.05, 0.1) is 5.69 Å². The summed E-state index contributed by atoms with van der Waals surface area (Å²) in [4.78, 5) is 24.8. The molecule has 1 amide bonds. The van der Waals surface area contributed by atoms with E-state index < -0.39 is 5.60 Å². The van der Waals surface area contributed by atoms with E-state index in [0.717, 1.165) is 24.4 Å². The van der Waals surface area contributed by atoms with E-state index >= 15 is 0 Å². The van der Waals surface area contributed by atoms with Crippen LogP contribution >= 0.6 is 0 Å². The Morgan fingerprint density at radius 2 is 1.86 bits per heavy atom. The Balaban J connectivity index is 1.92. The molecule has 1 fully saturated rings. The molecule has 122 valence electrons. The second-order valence-electron chi connectivity index (χ2n) is 6.77. The minimum atomic E-state index is -0.443. The number of carbonyl (C=O) groups excluding carboxylic acids is 1. The van der Waals surface area contributed by atoms with Crippen molar-refractivity contribution >= 4 is 11.9 Å². The second-order valence-corrected chi connectivity index (χ2v) is 6.77. The third kappa shape index (κ3) is 4.08. The molecule has 1 aromatic heterocycles. The molecule has 0 bridgehead atoms. The Morgan fingerprint density at radius 1 is 1.27 bits per heavy atom. The van der Waals surface area contributed by atoms with Crippen LogP contribution in [0.2, 0.25) is 0 Å². The molecule has 0 N–H and O–H groups in total. The molecule has 0 aromatic carbocycles. The normalized spacial score (nSPS) is 16.5. The molecule has 1 aromatic rings. The van der Waals surface area contributed by atoms with Crippen LogP contribution in [0.4, 0.5) is 10.6 Å². The first-order valence-electron chi connectivity index (χ1n) is 7.76. The van der Waals surface area contributed by atoms with Crippen LogP contribution in [0.5, 0.6) is 0 Å². The minimum Gasteiger partial charge on any atom is -0.444 e. The van der Waals surface area contributed by atoms with Gasteiger partial charge >= 0.3 is 6.09 Å². The van der Waals surface area contributed by atoms with E-state index in [0.29, 0.717) is 19.1 Å².